The summed E-state index contributed by atoms with van der Waals surface area (Å²) in [7, 11) is 0. The maximum Gasteiger partial charge on any atom is 0.258 e. The number of carbonyl (C=O) groups excluding carboxylic acids is 2. The number of fused-ring (bicyclic) bond motifs is 3. The van der Waals surface area contributed by atoms with Crippen molar-refractivity contribution in [3.05, 3.63) is 34.4 Å². The van der Waals surface area contributed by atoms with Crippen molar-refractivity contribution in [2.45, 2.75) is 84.7 Å². The molecule has 0 saturated carbocycles. The van der Waals surface area contributed by atoms with Crippen molar-refractivity contribution < 1.29 is 19.4 Å². The zero-order valence-corrected chi connectivity index (χ0v) is 21.4. The van der Waals surface area contributed by atoms with Crippen LogP contribution in [0.3, 0.4) is 0 Å². The standard InChI is InChI=1S/C28H40N2O4/c1-6-7-8-9-20-17-23-25(21-16-18(2)10-11-22(21)28(4,5)34-23)26(32)24(20)27(33)30-14-12-29(13-15-30)19(3)31/h16-17,21-22,32H,6-15H2,1-5H3/t21-,22-/m1/s1. The van der Waals surface area contributed by atoms with Crippen LogP contribution in [0.15, 0.2) is 17.7 Å². The van der Waals surface area contributed by atoms with E-state index in [1.165, 1.54) is 5.57 Å². The predicted molar refractivity (Wildman–Crippen MR) is 133 cm³/mol. The molecule has 4 rings (SSSR count). The van der Waals surface area contributed by atoms with E-state index in [9.17, 15) is 14.7 Å². The predicted octanol–water partition coefficient (Wildman–Crippen LogP) is 5.04. The molecule has 1 fully saturated rings. The van der Waals surface area contributed by atoms with Gasteiger partial charge in [-0.25, -0.2) is 0 Å². The van der Waals surface area contributed by atoms with Gasteiger partial charge in [0.25, 0.3) is 5.91 Å². The number of ether oxygens (including phenoxy) is 1. The molecule has 0 aromatic heterocycles. The Balaban J connectivity index is 1.76. The Bertz CT molecular complexity index is 989. The van der Waals surface area contributed by atoms with Gasteiger partial charge in [-0.15, -0.1) is 0 Å². The Morgan fingerprint density at radius 1 is 1.15 bits per heavy atom. The lowest BCUT2D eigenvalue weighted by molar-refractivity contribution is -0.130. The molecular weight excluding hydrogens is 428 g/mol. The van der Waals surface area contributed by atoms with Gasteiger partial charge in [0.15, 0.2) is 0 Å². The van der Waals surface area contributed by atoms with Crippen LogP contribution in [0.5, 0.6) is 11.5 Å². The highest BCUT2D eigenvalue weighted by Crippen LogP contribution is 2.54. The second-order valence-electron chi connectivity index (χ2n) is 10.8. The van der Waals surface area contributed by atoms with E-state index >= 15 is 0 Å². The van der Waals surface area contributed by atoms with E-state index < -0.39 is 0 Å². The summed E-state index contributed by atoms with van der Waals surface area (Å²) in [4.78, 5) is 29.1. The highest BCUT2D eigenvalue weighted by molar-refractivity contribution is 5.99. The van der Waals surface area contributed by atoms with Crippen molar-refractivity contribution >= 4 is 11.8 Å². The molecular formula is C28H40N2O4. The molecule has 1 saturated heterocycles. The summed E-state index contributed by atoms with van der Waals surface area (Å²) in [6.45, 7) is 12.2. The number of unbranched alkanes of at least 4 members (excludes halogenated alkanes) is 2. The number of benzene rings is 1. The van der Waals surface area contributed by atoms with Gasteiger partial charge < -0.3 is 19.6 Å². The smallest absolute Gasteiger partial charge is 0.258 e. The Morgan fingerprint density at radius 2 is 1.82 bits per heavy atom. The lowest BCUT2D eigenvalue weighted by Gasteiger charge is -2.47. The first-order valence-electron chi connectivity index (χ1n) is 12.9. The average molecular weight is 469 g/mol. The first-order chi connectivity index (χ1) is 16.1. The summed E-state index contributed by atoms with van der Waals surface area (Å²) in [5, 5.41) is 11.7. The molecule has 6 heteroatoms. The Labute approximate surface area is 204 Å². The van der Waals surface area contributed by atoms with E-state index in [0.717, 1.165) is 55.4 Å². The fourth-order valence-corrected chi connectivity index (χ4v) is 5.99. The quantitative estimate of drug-likeness (QED) is 0.485. The van der Waals surface area contributed by atoms with Crippen LogP contribution in [0, 0.1) is 5.92 Å². The van der Waals surface area contributed by atoms with Gasteiger partial charge in [0.05, 0.1) is 5.56 Å². The van der Waals surface area contributed by atoms with Crippen LogP contribution in [0.1, 0.15) is 94.1 Å². The van der Waals surface area contributed by atoms with E-state index in [0.29, 0.717) is 31.7 Å². The Morgan fingerprint density at radius 3 is 2.47 bits per heavy atom. The summed E-state index contributed by atoms with van der Waals surface area (Å²) in [5.41, 5.74) is 3.06. The van der Waals surface area contributed by atoms with E-state index in [4.69, 9.17) is 4.74 Å². The fourth-order valence-electron chi connectivity index (χ4n) is 5.99. The van der Waals surface area contributed by atoms with Crippen molar-refractivity contribution in [2.24, 2.45) is 5.92 Å². The minimum atomic E-state index is -0.337. The second kappa shape index (κ2) is 9.63. The molecule has 1 aromatic rings. The van der Waals surface area contributed by atoms with Crippen molar-refractivity contribution in [2.75, 3.05) is 26.2 Å². The molecule has 1 N–H and O–H groups in total. The van der Waals surface area contributed by atoms with Crippen molar-refractivity contribution in [1.29, 1.82) is 0 Å². The number of phenolic OH excluding ortho intramolecular Hbond substituents is 1. The van der Waals surface area contributed by atoms with E-state index in [2.05, 4.69) is 33.8 Å². The van der Waals surface area contributed by atoms with E-state index in [1.807, 2.05) is 6.07 Å². The van der Waals surface area contributed by atoms with Crippen LogP contribution < -0.4 is 4.74 Å². The van der Waals surface area contributed by atoms with Gasteiger partial charge in [-0.2, -0.15) is 0 Å². The molecule has 2 aliphatic heterocycles. The summed E-state index contributed by atoms with van der Waals surface area (Å²) in [5.74, 6) is 1.02. The summed E-state index contributed by atoms with van der Waals surface area (Å²) < 4.78 is 6.51. The van der Waals surface area contributed by atoms with Crippen molar-refractivity contribution in [3.8, 4) is 11.5 Å². The third-order valence-electron chi connectivity index (χ3n) is 8.01. The third-order valence-corrected chi connectivity index (χ3v) is 8.01. The van der Waals surface area contributed by atoms with Gasteiger partial charge in [0.1, 0.15) is 17.1 Å². The molecule has 1 aliphatic carbocycles. The number of piperazine rings is 1. The van der Waals surface area contributed by atoms with Gasteiger partial charge in [0, 0.05) is 50.5 Å². The molecule has 0 unspecified atom stereocenters. The summed E-state index contributed by atoms with van der Waals surface area (Å²) >= 11 is 0. The van der Waals surface area contributed by atoms with Crippen LogP contribution in [-0.4, -0.2) is 58.5 Å². The minimum absolute atomic E-state index is 0.0363. The normalized spacial score (nSPS) is 23.5. The number of hydrogen-bond acceptors (Lipinski definition) is 4. The van der Waals surface area contributed by atoms with Gasteiger partial charge in [-0.1, -0.05) is 31.4 Å². The molecule has 6 nitrogen and oxygen atoms in total. The first-order valence-corrected chi connectivity index (χ1v) is 12.9. The van der Waals surface area contributed by atoms with Gasteiger partial charge in [0.2, 0.25) is 5.91 Å². The Hall–Kier alpha value is -2.50. The molecule has 3 aliphatic rings. The maximum atomic E-state index is 13.8. The lowest BCUT2D eigenvalue weighted by atomic mass is 9.67. The molecule has 2 atom stereocenters. The van der Waals surface area contributed by atoms with Gasteiger partial charge >= 0.3 is 0 Å². The highest BCUT2D eigenvalue weighted by Gasteiger charge is 2.46. The van der Waals surface area contributed by atoms with E-state index in [1.54, 1.807) is 16.7 Å². The number of hydrogen-bond donors (Lipinski definition) is 1. The highest BCUT2D eigenvalue weighted by atomic mass is 16.5. The largest absolute Gasteiger partial charge is 0.507 e. The maximum absolute atomic E-state index is 13.8. The monoisotopic (exact) mass is 468 g/mol. The Kier molecular flexibility index (Phi) is 6.97. The molecule has 0 bridgehead atoms. The number of rotatable bonds is 5. The molecule has 2 heterocycles. The number of aromatic hydroxyl groups is 1. The van der Waals surface area contributed by atoms with Gasteiger partial charge in [-0.3, -0.25) is 9.59 Å². The van der Waals surface area contributed by atoms with Crippen LogP contribution in [-0.2, 0) is 11.2 Å². The average Bonchev–Trinajstić information content (AvgIpc) is 2.78. The number of phenols is 1. The van der Waals surface area contributed by atoms with E-state index in [-0.39, 0.29) is 35.0 Å². The molecule has 2 amide bonds. The molecule has 0 radical (unpaired) electrons. The number of nitrogens with zero attached hydrogens (tertiary/aromatic N) is 2. The minimum Gasteiger partial charge on any atom is -0.507 e. The van der Waals surface area contributed by atoms with Crippen LogP contribution in [0.4, 0.5) is 0 Å². The SMILES string of the molecule is CCCCCc1cc2c(c(O)c1C(=O)N1CCN(C(C)=O)CC1)[C@@H]1C=C(C)CC[C@H]1C(C)(C)O2. The van der Waals surface area contributed by atoms with Crippen molar-refractivity contribution in [3.63, 3.8) is 0 Å². The third kappa shape index (κ3) is 4.56. The zero-order chi connectivity index (χ0) is 24.6. The van der Waals surface area contributed by atoms with Crippen molar-refractivity contribution in [1.82, 2.24) is 9.80 Å². The topological polar surface area (TPSA) is 70.1 Å². The van der Waals surface area contributed by atoms with Crippen LogP contribution in [0.25, 0.3) is 0 Å². The van der Waals surface area contributed by atoms with Gasteiger partial charge in [-0.05, 0) is 58.1 Å². The number of amides is 2. The number of carbonyl (C=O) groups is 2. The summed E-state index contributed by atoms with van der Waals surface area (Å²) in [6.07, 6.45) is 8.16. The van der Waals surface area contributed by atoms with Crippen LogP contribution >= 0.6 is 0 Å². The molecule has 34 heavy (non-hydrogen) atoms. The zero-order valence-electron chi connectivity index (χ0n) is 21.4. The molecule has 1 aromatic carbocycles. The number of allylic oxidation sites excluding steroid dienone is 2. The molecule has 0 spiro atoms. The van der Waals surface area contributed by atoms with Crippen LogP contribution in [0.2, 0.25) is 0 Å². The number of aryl methyl sites for hydroxylation is 1. The summed E-state index contributed by atoms with van der Waals surface area (Å²) in [6, 6.07) is 2.03. The fraction of sp³-hybridized carbons (Fsp3) is 0.643. The molecule has 186 valence electrons. The second-order valence-corrected chi connectivity index (χ2v) is 10.8. The first kappa shape index (κ1) is 24.6. The lowest BCUT2D eigenvalue weighted by Crippen LogP contribution is -2.50.